The molecular weight excluding hydrogens is 310 g/mol. The van der Waals surface area contributed by atoms with Crippen LogP contribution in [0.3, 0.4) is 0 Å². The lowest BCUT2D eigenvalue weighted by Gasteiger charge is -2.09. The third-order valence-corrected chi connectivity index (χ3v) is 4.63. The van der Waals surface area contributed by atoms with Crippen molar-refractivity contribution in [2.45, 2.75) is 6.54 Å². The number of carbonyl (C=O) groups excluding carboxylic acids is 1. The van der Waals surface area contributed by atoms with Gasteiger partial charge in [0.15, 0.2) is 0 Å². The highest BCUT2D eigenvalue weighted by Gasteiger charge is 2.10. The molecule has 0 saturated heterocycles. The smallest absolute Gasteiger partial charge is 0.261 e. The summed E-state index contributed by atoms with van der Waals surface area (Å²) in [6.07, 6.45) is 0. The largest absolute Gasteiger partial charge is 0.497 e. The SMILES string of the molecule is COc1cc(CNC(=O)c2cc3ccccc3s2)cc(OC)c1. The molecule has 0 fully saturated rings. The normalized spacial score (nSPS) is 10.5. The summed E-state index contributed by atoms with van der Waals surface area (Å²) in [5.74, 6) is 1.33. The molecule has 0 unspecified atom stereocenters. The third kappa shape index (κ3) is 3.46. The molecule has 3 rings (SSSR count). The summed E-state index contributed by atoms with van der Waals surface area (Å²) in [7, 11) is 3.21. The van der Waals surface area contributed by atoms with Gasteiger partial charge in [-0.05, 0) is 35.2 Å². The van der Waals surface area contributed by atoms with Crippen molar-refractivity contribution < 1.29 is 14.3 Å². The number of nitrogens with one attached hydrogen (secondary N) is 1. The van der Waals surface area contributed by atoms with Crippen molar-refractivity contribution in [3.63, 3.8) is 0 Å². The summed E-state index contributed by atoms with van der Waals surface area (Å²) >= 11 is 1.49. The Hall–Kier alpha value is -2.53. The lowest BCUT2D eigenvalue weighted by atomic mass is 10.2. The predicted octanol–water partition coefficient (Wildman–Crippen LogP) is 3.85. The highest BCUT2D eigenvalue weighted by atomic mass is 32.1. The van der Waals surface area contributed by atoms with Gasteiger partial charge in [-0.25, -0.2) is 0 Å². The number of rotatable bonds is 5. The van der Waals surface area contributed by atoms with Crippen molar-refractivity contribution >= 4 is 27.3 Å². The summed E-state index contributed by atoms with van der Waals surface area (Å²) in [6.45, 7) is 0.417. The molecule has 1 amide bonds. The summed E-state index contributed by atoms with van der Waals surface area (Å²) in [6, 6.07) is 15.5. The monoisotopic (exact) mass is 327 g/mol. The number of benzene rings is 2. The summed E-state index contributed by atoms with van der Waals surface area (Å²) in [5, 5.41) is 4.03. The van der Waals surface area contributed by atoms with Crippen LogP contribution in [0.15, 0.2) is 48.5 Å². The molecule has 1 aromatic heterocycles. The van der Waals surface area contributed by atoms with Crippen LogP contribution in [-0.4, -0.2) is 20.1 Å². The zero-order valence-electron chi connectivity index (χ0n) is 13.0. The quantitative estimate of drug-likeness (QED) is 0.774. The highest BCUT2D eigenvalue weighted by molar-refractivity contribution is 7.20. The van der Waals surface area contributed by atoms with E-state index in [1.54, 1.807) is 20.3 Å². The van der Waals surface area contributed by atoms with Crippen LogP contribution in [0.4, 0.5) is 0 Å². The molecule has 0 atom stereocenters. The van der Waals surface area contributed by atoms with Gasteiger partial charge in [0.05, 0.1) is 19.1 Å². The van der Waals surface area contributed by atoms with Gasteiger partial charge in [0.1, 0.15) is 11.5 Å². The standard InChI is InChI=1S/C18H17NO3S/c1-21-14-7-12(8-15(10-14)22-2)11-19-18(20)17-9-13-5-3-4-6-16(13)23-17/h3-10H,11H2,1-2H3,(H,19,20). The molecule has 5 heteroatoms. The van der Waals surface area contributed by atoms with Crippen molar-refractivity contribution in [2.75, 3.05) is 14.2 Å². The second-order valence-electron chi connectivity index (χ2n) is 5.05. The molecule has 1 N–H and O–H groups in total. The Morgan fingerprint density at radius 3 is 2.39 bits per heavy atom. The van der Waals surface area contributed by atoms with Gasteiger partial charge in [-0.3, -0.25) is 4.79 Å². The molecule has 0 aliphatic carbocycles. The van der Waals surface area contributed by atoms with E-state index in [1.165, 1.54) is 11.3 Å². The first kappa shape index (κ1) is 15.4. The molecular formula is C18H17NO3S. The lowest BCUT2D eigenvalue weighted by Crippen LogP contribution is -2.21. The number of fused-ring (bicyclic) bond motifs is 1. The Morgan fingerprint density at radius 2 is 1.74 bits per heavy atom. The number of hydrogen-bond acceptors (Lipinski definition) is 4. The minimum atomic E-state index is -0.0759. The second-order valence-corrected chi connectivity index (χ2v) is 6.14. The van der Waals surface area contributed by atoms with Crippen LogP contribution in [0.1, 0.15) is 15.2 Å². The first-order valence-electron chi connectivity index (χ1n) is 7.18. The van der Waals surface area contributed by atoms with Crippen molar-refractivity contribution in [3.8, 4) is 11.5 Å². The topological polar surface area (TPSA) is 47.6 Å². The number of thiophene rings is 1. The van der Waals surface area contributed by atoms with E-state index in [0.29, 0.717) is 22.9 Å². The molecule has 0 aliphatic rings. The summed E-state index contributed by atoms with van der Waals surface area (Å²) in [5.41, 5.74) is 0.927. The van der Waals surface area contributed by atoms with Gasteiger partial charge in [0.25, 0.3) is 5.91 Å². The van der Waals surface area contributed by atoms with E-state index in [4.69, 9.17) is 9.47 Å². The van der Waals surface area contributed by atoms with Crippen LogP contribution in [0.2, 0.25) is 0 Å². The van der Waals surface area contributed by atoms with Gasteiger partial charge in [-0.15, -0.1) is 11.3 Å². The average Bonchev–Trinajstić information content (AvgIpc) is 3.03. The Balaban J connectivity index is 1.73. The van der Waals surface area contributed by atoms with Gasteiger partial charge in [-0.2, -0.15) is 0 Å². The fourth-order valence-corrected chi connectivity index (χ4v) is 3.31. The molecule has 0 aliphatic heterocycles. The molecule has 2 aromatic carbocycles. The number of ether oxygens (including phenoxy) is 2. The maximum absolute atomic E-state index is 12.3. The molecule has 4 nitrogen and oxygen atoms in total. The van der Waals surface area contributed by atoms with E-state index in [0.717, 1.165) is 15.6 Å². The highest BCUT2D eigenvalue weighted by Crippen LogP contribution is 2.26. The molecule has 3 aromatic rings. The summed E-state index contributed by atoms with van der Waals surface area (Å²) < 4.78 is 11.6. The minimum absolute atomic E-state index is 0.0759. The Labute approximate surface area is 138 Å². The molecule has 0 radical (unpaired) electrons. The van der Waals surface area contributed by atoms with E-state index in [9.17, 15) is 4.79 Å². The number of hydrogen-bond donors (Lipinski definition) is 1. The first-order chi connectivity index (χ1) is 11.2. The fourth-order valence-electron chi connectivity index (χ4n) is 2.33. The molecule has 0 saturated carbocycles. The van der Waals surface area contributed by atoms with Gasteiger partial charge < -0.3 is 14.8 Å². The van der Waals surface area contributed by atoms with Crippen molar-refractivity contribution in [2.24, 2.45) is 0 Å². The van der Waals surface area contributed by atoms with Gasteiger partial charge in [-0.1, -0.05) is 18.2 Å². The van der Waals surface area contributed by atoms with Crippen LogP contribution >= 0.6 is 11.3 Å². The van der Waals surface area contributed by atoms with Crippen molar-refractivity contribution in [1.82, 2.24) is 5.32 Å². The van der Waals surface area contributed by atoms with E-state index in [1.807, 2.05) is 42.5 Å². The van der Waals surface area contributed by atoms with Crippen LogP contribution in [-0.2, 0) is 6.54 Å². The van der Waals surface area contributed by atoms with E-state index >= 15 is 0 Å². The number of carbonyl (C=O) groups is 1. The predicted molar refractivity (Wildman–Crippen MR) is 92.5 cm³/mol. The zero-order valence-corrected chi connectivity index (χ0v) is 13.8. The van der Waals surface area contributed by atoms with Crippen LogP contribution < -0.4 is 14.8 Å². The molecule has 0 spiro atoms. The van der Waals surface area contributed by atoms with E-state index in [-0.39, 0.29) is 5.91 Å². The van der Waals surface area contributed by atoms with Crippen molar-refractivity contribution in [3.05, 3.63) is 59.0 Å². The maximum Gasteiger partial charge on any atom is 0.261 e. The van der Waals surface area contributed by atoms with Gasteiger partial charge in [0.2, 0.25) is 0 Å². The van der Waals surface area contributed by atoms with Gasteiger partial charge >= 0.3 is 0 Å². The Morgan fingerprint density at radius 1 is 1.04 bits per heavy atom. The molecule has 0 bridgehead atoms. The van der Waals surface area contributed by atoms with Crippen LogP contribution in [0.25, 0.3) is 10.1 Å². The maximum atomic E-state index is 12.3. The van der Waals surface area contributed by atoms with E-state index < -0.39 is 0 Å². The lowest BCUT2D eigenvalue weighted by molar-refractivity contribution is 0.0955. The number of amides is 1. The Kier molecular flexibility index (Phi) is 4.48. The minimum Gasteiger partial charge on any atom is -0.497 e. The molecule has 118 valence electrons. The summed E-state index contributed by atoms with van der Waals surface area (Å²) in [4.78, 5) is 13.0. The molecule has 23 heavy (non-hydrogen) atoms. The van der Waals surface area contributed by atoms with Gasteiger partial charge in [0, 0.05) is 17.3 Å². The van der Waals surface area contributed by atoms with Crippen LogP contribution in [0.5, 0.6) is 11.5 Å². The third-order valence-electron chi connectivity index (χ3n) is 3.51. The number of methoxy groups -OCH3 is 2. The van der Waals surface area contributed by atoms with Crippen LogP contribution in [0, 0.1) is 0 Å². The molecule has 1 heterocycles. The first-order valence-corrected chi connectivity index (χ1v) is 8.00. The van der Waals surface area contributed by atoms with E-state index in [2.05, 4.69) is 5.32 Å². The zero-order chi connectivity index (χ0) is 16.2. The van der Waals surface area contributed by atoms with Crippen molar-refractivity contribution in [1.29, 1.82) is 0 Å². The second kappa shape index (κ2) is 6.71. The fraction of sp³-hybridized carbons (Fsp3) is 0.167. The average molecular weight is 327 g/mol. The Bertz CT molecular complexity index is 786.